The number of para-hydroxylation sites is 1. The molecule has 2 unspecified atom stereocenters. The van der Waals surface area contributed by atoms with E-state index in [1.165, 1.54) is 0 Å². The van der Waals surface area contributed by atoms with E-state index < -0.39 is 0 Å². The number of fused-ring (bicyclic) bond motifs is 1. The van der Waals surface area contributed by atoms with E-state index in [9.17, 15) is 4.79 Å². The molecule has 0 bridgehead atoms. The quantitative estimate of drug-likeness (QED) is 0.921. The van der Waals surface area contributed by atoms with Gasteiger partial charge in [0.25, 0.3) is 5.91 Å². The summed E-state index contributed by atoms with van der Waals surface area (Å²) in [6.45, 7) is 2.64. The summed E-state index contributed by atoms with van der Waals surface area (Å²) >= 11 is 0. The summed E-state index contributed by atoms with van der Waals surface area (Å²) in [5, 5.41) is 0.915. The molecule has 2 atom stereocenters. The number of rotatable bonds is 2. The molecule has 1 fully saturated rings. The normalized spacial score (nSPS) is 22.5. The van der Waals surface area contributed by atoms with Crippen molar-refractivity contribution in [3.8, 4) is 0 Å². The zero-order valence-electron chi connectivity index (χ0n) is 12.3. The first-order valence-corrected chi connectivity index (χ1v) is 7.59. The maximum atomic E-state index is 13.0. The highest BCUT2D eigenvalue weighted by Crippen LogP contribution is 2.26. The van der Waals surface area contributed by atoms with Gasteiger partial charge in [-0.25, -0.2) is 0 Å². The van der Waals surface area contributed by atoms with Crippen LogP contribution in [-0.2, 0) is 0 Å². The largest absolute Gasteiger partial charge is 0.332 e. The molecule has 1 amide bonds. The average molecular weight is 283 g/mol. The van der Waals surface area contributed by atoms with Crippen LogP contribution in [0.25, 0.3) is 10.9 Å². The monoisotopic (exact) mass is 283 g/mol. The minimum Gasteiger partial charge on any atom is -0.332 e. The number of hydrogen-bond donors (Lipinski definition) is 1. The van der Waals surface area contributed by atoms with Gasteiger partial charge in [0.2, 0.25) is 0 Å². The van der Waals surface area contributed by atoms with Gasteiger partial charge in [-0.05, 0) is 38.3 Å². The van der Waals surface area contributed by atoms with Crippen molar-refractivity contribution < 1.29 is 4.79 Å². The number of hydrogen-bond acceptors (Lipinski definition) is 3. The maximum Gasteiger partial charge on any atom is 0.255 e. The zero-order valence-corrected chi connectivity index (χ0v) is 12.3. The molecule has 2 aromatic rings. The van der Waals surface area contributed by atoms with Gasteiger partial charge in [0, 0.05) is 30.2 Å². The highest BCUT2D eigenvalue weighted by Gasteiger charge is 2.32. The smallest absolute Gasteiger partial charge is 0.255 e. The Labute approximate surface area is 125 Å². The summed E-state index contributed by atoms with van der Waals surface area (Å²) in [6, 6.07) is 9.99. The van der Waals surface area contributed by atoms with Crippen molar-refractivity contribution in [2.75, 3.05) is 6.54 Å². The highest BCUT2D eigenvalue weighted by atomic mass is 16.2. The van der Waals surface area contributed by atoms with Crippen LogP contribution in [0.15, 0.2) is 36.5 Å². The highest BCUT2D eigenvalue weighted by molar-refractivity contribution is 6.06. The predicted molar refractivity (Wildman–Crippen MR) is 84.1 cm³/mol. The fourth-order valence-electron chi connectivity index (χ4n) is 3.31. The van der Waals surface area contributed by atoms with Crippen molar-refractivity contribution in [3.05, 3.63) is 42.1 Å². The van der Waals surface area contributed by atoms with E-state index in [-0.39, 0.29) is 18.0 Å². The average Bonchev–Trinajstić information content (AvgIpc) is 2.53. The Morgan fingerprint density at radius 3 is 2.95 bits per heavy atom. The molecule has 2 heterocycles. The summed E-state index contributed by atoms with van der Waals surface area (Å²) in [5.41, 5.74) is 7.47. The van der Waals surface area contributed by atoms with Crippen LogP contribution in [0.1, 0.15) is 36.5 Å². The maximum absolute atomic E-state index is 13.0. The summed E-state index contributed by atoms with van der Waals surface area (Å²) in [6.07, 6.45) is 4.90. The molecule has 0 saturated carbocycles. The number of nitrogens with zero attached hydrogens (tertiary/aromatic N) is 2. The Hall–Kier alpha value is -1.94. The Morgan fingerprint density at radius 1 is 1.33 bits per heavy atom. The summed E-state index contributed by atoms with van der Waals surface area (Å²) in [5.74, 6) is 0.0799. The van der Waals surface area contributed by atoms with Crippen LogP contribution in [-0.4, -0.2) is 34.4 Å². The lowest BCUT2D eigenvalue weighted by Crippen LogP contribution is -2.51. The van der Waals surface area contributed by atoms with Gasteiger partial charge in [-0.1, -0.05) is 18.2 Å². The molecule has 4 heteroatoms. The first-order chi connectivity index (χ1) is 10.2. The molecular formula is C17H21N3O. The van der Waals surface area contributed by atoms with Gasteiger partial charge in [-0.15, -0.1) is 0 Å². The molecular weight excluding hydrogens is 262 g/mol. The van der Waals surface area contributed by atoms with Crippen LogP contribution in [0, 0.1) is 0 Å². The topological polar surface area (TPSA) is 59.2 Å². The zero-order chi connectivity index (χ0) is 14.8. The van der Waals surface area contributed by atoms with E-state index in [1.54, 1.807) is 6.20 Å². The number of aromatic nitrogens is 1. The van der Waals surface area contributed by atoms with Gasteiger partial charge in [0.05, 0.1) is 11.1 Å². The fraction of sp³-hybridized carbons (Fsp3) is 0.412. The lowest BCUT2D eigenvalue weighted by molar-refractivity contribution is 0.0496. The predicted octanol–water partition coefficient (Wildman–Crippen LogP) is 2.58. The second-order valence-corrected chi connectivity index (χ2v) is 5.76. The lowest BCUT2D eigenvalue weighted by atomic mass is 9.95. The summed E-state index contributed by atoms with van der Waals surface area (Å²) < 4.78 is 0. The van der Waals surface area contributed by atoms with E-state index in [2.05, 4.69) is 11.9 Å². The fourth-order valence-corrected chi connectivity index (χ4v) is 3.31. The third-order valence-corrected chi connectivity index (χ3v) is 4.41. The second kappa shape index (κ2) is 5.82. The van der Waals surface area contributed by atoms with Gasteiger partial charge in [0.15, 0.2) is 0 Å². The van der Waals surface area contributed by atoms with E-state index in [0.717, 1.165) is 35.7 Å². The molecule has 0 spiro atoms. The van der Waals surface area contributed by atoms with Crippen molar-refractivity contribution in [2.24, 2.45) is 5.73 Å². The number of nitrogens with two attached hydrogens (primary N) is 1. The van der Waals surface area contributed by atoms with Gasteiger partial charge >= 0.3 is 0 Å². The number of carbonyl (C=O) groups excluding carboxylic acids is 1. The Morgan fingerprint density at radius 2 is 2.14 bits per heavy atom. The Bertz CT molecular complexity index is 650. The molecule has 110 valence electrons. The number of benzene rings is 1. The number of carbonyl (C=O) groups is 1. The molecule has 21 heavy (non-hydrogen) atoms. The summed E-state index contributed by atoms with van der Waals surface area (Å²) in [4.78, 5) is 19.3. The van der Waals surface area contributed by atoms with E-state index >= 15 is 0 Å². The van der Waals surface area contributed by atoms with E-state index in [0.29, 0.717) is 6.54 Å². The standard InChI is InChI=1S/C17H21N3O/c1-12-5-4-6-13(11-18)20(12)17(21)15-9-10-19-16-8-3-2-7-14(15)16/h2-3,7-10,12-13H,4-6,11,18H2,1H3. The molecule has 0 radical (unpaired) electrons. The first kappa shape index (κ1) is 14.0. The minimum atomic E-state index is 0.0799. The van der Waals surface area contributed by atoms with Gasteiger partial charge in [0.1, 0.15) is 0 Å². The first-order valence-electron chi connectivity index (χ1n) is 7.59. The number of likely N-dealkylation sites (tertiary alicyclic amines) is 1. The van der Waals surface area contributed by atoms with Crippen LogP contribution in [0.5, 0.6) is 0 Å². The molecule has 1 saturated heterocycles. The third kappa shape index (κ3) is 2.51. The number of piperidine rings is 1. The third-order valence-electron chi connectivity index (χ3n) is 4.41. The molecule has 4 nitrogen and oxygen atoms in total. The summed E-state index contributed by atoms with van der Waals surface area (Å²) in [7, 11) is 0. The SMILES string of the molecule is CC1CCCC(CN)N1C(=O)c1ccnc2ccccc12. The van der Waals surface area contributed by atoms with Crippen LogP contribution in [0.3, 0.4) is 0 Å². The van der Waals surface area contributed by atoms with Crippen molar-refractivity contribution >= 4 is 16.8 Å². The molecule has 3 rings (SSSR count). The number of amides is 1. The van der Waals surface area contributed by atoms with Gasteiger partial charge < -0.3 is 10.6 Å². The molecule has 1 aromatic carbocycles. The minimum absolute atomic E-state index is 0.0799. The second-order valence-electron chi connectivity index (χ2n) is 5.76. The van der Waals surface area contributed by atoms with E-state index in [4.69, 9.17) is 5.73 Å². The van der Waals surface area contributed by atoms with E-state index in [1.807, 2.05) is 35.2 Å². The van der Waals surface area contributed by atoms with Gasteiger partial charge in [-0.3, -0.25) is 9.78 Å². The Balaban J connectivity index is 2.03. The van der Waals surface area contributed by atoms with Crippen molar-refractivity contribution in [3.63, 3.8) is 0 Å². The molecule has 1 aliphatic rings. The van der Waals surface area contributed by atoms with Gasteiger partial charge in [-0.2, -0.15) is 0 Å². The molecule has 1 aliphatic heterocycles. The number of pyridine rings is 1. The molecule has 2 N–H and O–H groups in total. The molecule has 1 aromatic heterocycles. The van der Waals surface area contributed by atoms with Crippen LogP contribution >= 0.6 is 0 Å². The lowest BCUT2D eigenvalue weighted by Gasteiger charge is -2.40. The van der Waals surface area contributed by atoms with Crippen molar-refractivity contribution in [1.29, 1.82) is 0 Å². The molecule has 0 aliphatic carbocycles. The van der Waals surface area contributed by atoms with Crippen LogP contribution in [0.2, 0.25) is 0 Å². The van der Waals surface area contributed by atoms with Crippen molar-refractivity contribution in [1.82, 2.24) is 9.88 Å². The van der Waals surface area contributed by atoms with Crippen LogP contribution in [0.4, 0.5) is 0 Å². The van der Waals surface area contributed by atoms with Crippen LogP contribution < -0.4 is 5.73 Å². The van der Waals surface area contributed by atoms with Crippen molar-refractivity contribution in [2.45, 2.75) is 38.3 Å². The Kier molecular flexibility index (Phi) is 3.88.